The van der Waals surface area contributed by atoms with E-state index in [2.05, 4.69) is 10.1 Å². The third-order valence-electron chi connectivity index (χ3n) is 4.33. The zero-order valence-corrected chi connectivity index (χ0v) is 15.3. The van der Waals surface area contributed by atoms with Crippen LogP contribution >= 0.6 is 23.2 Å². The molecule has 4 rings (SSSR count). The molecule has 0 atom stereocenters. The first-order valence-electron chi connectivity index (χ1n) is 8.06. The Balaban J connectivity index is 1.68. The van der Waals surface area contributed by atoms with Crippen molar-refractivity contribution in [3.8, 4) is 0 Å². The second kappa shape index (κ2) is 6.90. The third-order valence-corrected chi connectivity index (χ3v) is 5.05. The fourth-order valence-electron chi connectivity index (χ4n) is 3.08. The molecule has 27 heavy (non-hydrogen) atoms. The number of anilines is 1. The molecule has 0 spiro atoms. The van der Waals surface area contributed by atoms with Gasteiger partial charge < -0.3 is 4.90 Å². The maximum Gasteiger partial charge on any atom is 0.279 e. The maximum atomic E-state index is 14.3. The predicted molar refractivity (Wildman–Crippen MR) is 97.3 cm³/mol. The third kappa shape index (κ3) is 3.17. The van der Waals surface area contributed by atoms with Gasteiger partial charge in [-0.25, -0.2) is 13.5 Å². The van der Waals surface area contributed by atoms with E-state index in [0.717, 1.165) is 6.20 Å². The van der Waals surface area contributed by atoms with Crippen LogP contribution in [0.15, 0.2) is 36.7 Å². The molecule has 0 radical (unpaired) electrons. The van der Waals surface area contributed by atoms with Crippen LogP contribution in [0.25, 0.3) is 0 Å². The molecular weight excluding hydrogens is 397 g/mol. The summed E-state index contributed by atoms with van der Waals surface area (Å²) >= 11 is 12.2. The highest BCUT2D eigenvalue weighted by Crippen LogP contribution is 2.32. The van der Waals surface area contributed by atoms with Crippen LogP contribution in [0.4, 0.5) is 14.5 Å². The monoisotopic (exact) mass is 408 g/mol. The summed E-state index contributed by atoms with van der Waals surface area (Å²) in [5, 5.41) is 4.51. The second-order valence-corrected chi connectivity index (χ2v) is 6.83. The minimum absolute atomic E-state index is 0.0618. The summed E-state index contributed by atoms with van der Waals surface area (Å²) in [5.41, 5.74) is 1.39. The number of hydrogen-bond donors (Lipinski definition) is 0. The van der Waals surface area contributed by atoms with Crippen molar-refractivity contribution in [2.45, 2.75) is 13.0 Å². The van der Waals surface area contributed by atoms with E-state index in [-0.39, 0.29) is 29.5 Å². The number of benzene rings is 1. The maximum absolute atomic E-state index is 14.3. The smallest absolute Gasteiger partial charge is 0.279 e. The lowest BCUT2D eigenvalue weighted by Gasteiger charge is -2.26. The molecule has 0 saturated heterocycles. The van der Waals surface area contributed by atoms with Crippen LogP contribution in [0.1, 0.15) is 21.6 Å². The van der Waals surface area contributed by atoms with E-state index < -0.39 is 17.5 Å². The minimum Gasteiger partial charge on any atom is -0.304 e. The van der Waals surface area contributed by atoms with E-state index in [0.29, 0.717) is 22.7 Å². The number of aromatic nitrogens is 3. The van der Waals surface area contributed by atoms with E-state index in [9.17, 15) is 13.6 Å². The molecule has 5 nitrogen and oxygen atoms in total. The lowest BCUT2D eigenvalue weighted by molar-refractivity contribution is 0.0974. The molecule has 1 aliphatic heterocycles. The van der Waals surface area contributed by atoms with E-state index in [1.54, 1.807) is 6.07 Å². The zero-order valence-electron chi connectivity index (χ0n) is 13.8. The highest BCUT2D eigenvalue weighted by atomic mass is 35.5. The van der Waals surface area contributed by atoms with Crippen LogP contribution in [0.3, 0.4) is 0 Å². The molecule has 0 bridgehead atoms. The number of halogens is 4. The summed E-state index contributed by atoms with van der Waals surface area (Å²) in [6.45, 7) is 0.408. The number of hydrogen-bond acceptors (Lipinski definition) is 3. The summed E-state index contributed by atoms with van der Waals surface area (Å²) in [6, 6.07) is 5.80. The SMILES string of the molecule is O=C1c2nn(Cc3cncc(F)c3)c(Cl)c2CCN1c1cccc(Cl)c1F. The summed E-state index contributed by atoms with van der Waals surface area (Å²) in [7, 11) is 0. The Morgan fingerprint density at radius 2 is 2.00 bits per heavy atom. The van der Waals surface area contributed by atoms with Crippen molar-refractivity contribution in [2.75, 3.05) is 11.4 Å². The van der Waals surface area contributed by atoms with Crippen LogP contribution in [0.5, 0.6) is 0 Å². The Labute approximate surface area is 163 Å². The van der Waals surface area contributed by atoms with Crippen LogP contribution in [0, 0.1) is 11.6 Å². The number of fused-ring (bicyclic) bond motifs is 1. The van der Waals surface area contributed by atoms with Gasteiger partial charge in [-0.15, -0.1) is 0 Å². The molecule has 138 valence electrons. The van der Waals surface area contributed by atoms with Crippen molar-refractivity contribution in [2.24, 2.45) is 0 Å². The van der Waals surface area contributed by atoms with Gasteiger partial charge in [-0.3, -0.25) is 9.78 Å². The molecule has 3 aromatic rings. The average molecular weight is 409 g/mol. The highest BCUT2D eigenvalue weighted by Gasteiger charge is 2.33. The second-order valence-electron chi connectivity index (χ2n) is 6.07. The summed E-state index contributed by atoms with van der Waals surface area (Å²) < 4.78 is 29.1. The van der Waals surface area contributed by atoms with Gasteiger partial charge in [0.05, 0.1) is 23.5 Å². The van der Waals surface area contributed by atoms with Gasteiger partial charge in [-0.05, 0) is 30.2 Å². The predicted octanol–water partition coefficient (Wildman–Crippen LogP) is 4.11. The van der Waals surface area contributed by atoms with E-state index >= 15 is 0 Å². The van der Waals surface area contributed by atoms with Gasteiger partial charge >= 0.3 is 0 Å². The first-order chi connectivity index (χ1) is 13.0. The Hall–Kier alpha value is -2.51. The van der Waals surface area contributed by atoms with Gasteiger partial charge in [0.2, 0.25) is 0 Å². The normalized spacial score (nSPS) is 13.8. The van der Waals surface area contributed by atoms with Crippen molar-refractivity contribution in [3.05, 3.63) is 75.3 Å². The van der Waals surface area contributed by atoms with Gasteiger partial charge in [0.15, 0.2) is 11.5 Å². The lowest BCUT2D eigenvalue weighted by Crippen LogP contribution is -2.38. The molecule has 0 unspecified atom stereocenters. The molecule has 3 heterocycles. The molecule has 0 aliphatic carbocycles. The van der Waals surface area contributed by atoms with Crippen molar-refractivity contribution >= 4 is 34.8 Å². The van der Waals surface area contributed by atoms with Crippen molar-refractivity contribution in [1.29, 1.82) is 0 Å². The highest BCUT2D eigenvalue weighted by molar-refractivity contribution is 6.31. The van der Waals surface area contributed by atoms with Crippen LogP contribution in [-0.2, 0) is 13.0 Å². The molecule has 0 N–H and O–H groups in total. The fraction of sp³-hybridized carbons (Fsp3) is 0.167. The number of nitrogens with zero attached hydrogens (tertiary/aromatic N) is 4. The molecule has 9 heteroatoms. The number of pyridine rings is 1. The molecule has 1 aromatic carbocycles. The van der Waals surface area contributed by atoms with Gasteiger partial charge in [0.25, 0.3) is 5.91 Å². The van der Waals surface area contributed by atoms with E-state index in [4.69, 9.17) is 23.2 Å². The van der Waals surface area contributed by atoms with Crippen molar-refractivity contribution in [1.82, 2.24) is 14.8 Å². The van der Waals surface area contributed by atoms with E-state index in [1.165, 1.54) is 34.0 Å². The largest absolute Gasteiger partial charge is 0.304 e. The number of amides is 1. The molecular formula is C18H12Cl2F2N4O. The van der Waals surface area contributed by atoms with Gasteiger partial charge in [-0.2, -0.15) is 5.10 Å². The minimum atomic E-state index is -0.660. The van der Waals surface area contributed by atoms with Crippen LogP contribution in [0.2, 0.25) is 10.2 Å². The Morgan fingerprint density at radius 1 is 1.19 bits per heavy atom. The number of carbonyl (C=O) groups excluding carboxylic acids is 1. The first kappa shape index (κ1) is 17.9. The number of rotatable bonds is 3. The number of carbonyl (C=O) groups is 1. The Bertz CT molecular complexity index is 1050. The summed E-state index contributed by atoms with van der Waals surface area (Å²) in [5.74, 6) is -1.60. The average Bonchev–Trinajstić information content (AvgIpc) is 2.95. The summed E-state index contributed by atoms with van der Waals surface area (Å²) in [4.78, 5) is 17.9. The zero-order chi connectivity index (χ0) is 19.1. The first-order valence-corrected chi connectivity index (χ1v) is 8.82. The Kier molecular flexibility index (Phi) is 4.57. The van der Waals surface area contributed by atoms with Gasteiger partial charge in [-0.1, -0.05) is 29.3 Å². The van der Waals surface area contributed by atoms with Crippen molar-refractivity contribution < 1.29 is 13.6 Å². The summed E-state index contributed by atoms with van der Waals surface area (Å²) in [6.07, 6.45) is 3.00. The van der Waals surface area contributed by atoms with Crippen LogP contribution < -0.4 is 4.90 Å². The van der Waals surface area contributed by atoms with Gasteiger partial charge in [0, 0.05) is 18.3 Å². The molecule has 0 saturated carbocycles. The quantitative estimate of drug-likeness (QED) is 0.654. The topological polar surface area (TPSA) is 51.0 Å². The fourth-order valence-corrected chi connectivity index (χ4v) is 3.53. The molecule has 1 amide bonds. The van der Waals surface area contributed by atoms with Crippen LogP contribution in [-0.4, -0.2) is 27.2 Å². The Morgan fingerprint density at radius 3 is 2.78 bits per heavy atom. The van der Waals surface area contributed by atoms with E-state index in [1.807, 2.05) is 0 Å². The molecule has 1 aliphatic rings. The molecule has 0 fully saturated rings. The standard InChI is InChI=1S/C18H12Cl2F2N4O/c19-13-2-1-3-14(15(13)22)25-5-4-12-16(18(25)27)24-26(17(12)20)9-10-6-11(21)8-23-7-10/h1-3,6-8H,4-5,9H2. The van der Waals surface area contributed by atoms with Crippen molar-refractivity contribution in [3.63, 3.8) is 0 Å². The molecule has 2 aromatic heterocycles. The lowest BCUT2D eigenvalue weighted by atomic mass is 10.1. The van der Waals surface area contributed by atoms with Gasteiger partial charge in [0.1, 0.15) is 11.0 Å².